The highest BCUT2D eigenvalue weighted by Crippen LogP contribution is 2.33. The summed E-state index contributed by atoms with van der Waals surface area (Å²) in [5.41, 5.74) is 0.934. The molecule has 1 N–H and O–H groups in total. The van der Waals surface area contributed by atoms with E-state index < -0.39 is 12.2 Å². The van der Waals surface area contributed by atoms with E-state index in [2.05, 4.69) is 10.3 Å². The molecular weight excluding hydrogens is 394 g/mol. The third-order valence-corrected chi connectivity index (χ3v) is 6.23. The lowest BCUT2D eigenvalue weighted by molar-refractivity contribution is 0.0920. The Hall–Kier alpha value is -2.16. The molecule has 3 aromatic rings. The molecule has 9 heteroatoms. The van der Waals surface area contributed by atoms with Crippen molar-refractivity contribution >= 4 is 61.5 Å². The van der Waals surface area contributed by atoms with E-state index in [-0.39, 0.29) is 12.5 Å². The van der Waals surface area contributed by atoms with Crippen LogP contribution < -0.4 is 10.2 Å². The van der Waals surface area contributed by atoms with Crippen LogP contribution in [0.4, 0.5) is 9.80 Å². The van der Waals surface area contributed by atoms with Crippen LogP contribution in [0.15, 0.2) is 30.3 Å². The number of aryl methyl sites for hydroxylation is 1. The molecule has 1 saturated heterocycles. The zero-order valence-electron chi connectivity index (χ0n) is 13.7. The van der Waals surface area contributed by atoms with Crippen molar-refractivity contribution in [3.63, 3.8) is 0 Å². The first-order chi connectivity index (χ1) is 12.5. The van der Waals surface area contributed by atoms with Gasteiger partial charge in [0, 0.05) is 11.1 Å². The van der Waals surface area contributed by atoms with Crippen molar-refractivity contribution in [2.45, 2.75) is 13.0 Å². The molecule has 0 bridgehead atoms. The molecule has 0 radical (unpaired) electrons. The number of pyridine rings is 1. The number of hydrogen-bond acceptors (Lipinski definition) is 6. The number of nitrogens with zero attached hydrogens (tertiary/aromatic N) is 2. The predicted octanol–water partition coefficient (Wildman–Crippen LogP) is 4.07. The lowest BCUT2D eigenvalue weighted by Crippen LogP contribution is -2.34. The van der Waals surface area contributed by atoms with Gasteiger partial charge in [-0.3, -0.25) is 9.69 Å². The predicted molar refractivity (Wildman–Crippen MR) is 104 cm³/mol. The van der Waals surface area contributed by atoms with Crippen LogP contribution in [0.25, 0.3) is 10.2 Å². The highest BCUT2D eigenvalue weighted by Gasteiger charge is 2.33. The summed E-state index contributed by atoms with van der Waals surface area (Å²) in [6.45, 7) is 2.57. The van der Waals surface area contributed by atoms with E-state index in [1.165, 1.54) is 22.7 Å². The van der Waals surface area contributed by atoms with Gasteiger partial charge in [-0.05, 0) is 31.2 Å². The number of anilines is 1. The van der Waals surface area contributed by atoms with Crippen molar-refractivity contribution in [2.24, 2.45) is 0 Å². The largest absolute Gasteiger partial charge is 0.442 e. The smallest absolute Gasteiger partial charge is 0.415 e. The molecule has 1 fully saturated rings. The Labute approximate surface area is 162 Å². The Morgan fingerprint density at radius 3 is 3.00 bits per heavy atom. The van der Waals surface area contributed by atoms with E-state index in [0.29, 0.717) is 15.8 Å². The van der Waals surface area contributed by atoms with E-state index in [9.17, 15) is 9.59 Å². The summed E-state index contributed by atoms with van der Waals surface area (Å²) in [6, 6.07) is 9.21. The van der Waals surface area contributed by atoms with Gasteiger partial charge in [-0.2, -0.15) is 0 Å². The molecule has 3 aromatic heterocycles. The summed E-state index contributed by atoms with van der Waals surface area (Å²) >= 11 is 8.50. The van der Waals surface area contributed by atoms with Crippen LogP contribution in [0, 0.1) is 6.92 Å². The van der Waals surface area contributed by atoms with Crippen molar-refractivity contribution in [1.29, 1.82) is 0 Å². The number of aromatic nitrogens is 1. The highest BCUT2D eigenvalue weighted by molar-refractivity contribution is 7.22. The Morgan fingerprint density at radius 2 is 2.23 bits per heavy atom. The first-order valence-corrected chi connectivity index (χ1v) is 9.89. The molecule has 0 unspecified atom stereocenters. The fraction of sp³-hybridized carbons (Fsp3) is 0.235. The first kappa shape index (κ1) is 17.3. The van der Waals surface area contributed by atoms with E-state index >= 15 is 0 Å². The van der Waals surface area contributed by atoms with Crippen molar-refractivity contribution in [3.8, 4) is 0 Å². The van der Waals surface area contributed by atoms with E-state index in [0.717, 1.165) is 20.9 Å². The van der Waals surface area contributed by atoms with Crippen molar-refractivity contribution in [3.05, 3.63) is 45.2 Å². The Morgan fingerprint density at radius 1 is 1.38 bits per heavy atom. The zero-order valence-corrected chi connectivity index (χ0v) is 16.1. The van der Waals surface area contributed by atoms with Crippen LogP contribution in [0.2, 0.25) is 4.34 Å². The van der Waals surface area contributed by atoms with Crippen LogP contribution in [-0.4, -0.2) is 36.2 Å². The standard InChI is InChI=1S/C17H14ClN3O3S2/c1-9-2-3-10-6-14(26-16(10)20-9)21-8-11(24-17(21)23)7-19-15(22)12-4-5-13(18)25-12/h2-6,11H,7-8H2,1H3,(H,19,22)/t11-/m0/s1. The van der Waals surface area contributed by atoms with Gasteiger partial charge in [0.1, 0.15) is 15.9 Å². The summed E-state index contributed by atoms with van der Waals surface area (Å²) < 4.78 is 5.93. The second-order valence-electron chi connectivity index (χ2n) is 5.86. The number of amides is 2. The Bertz CT molecular complexity index is 1000. The second-order valence-corrected chi connectivity index (χ2v) is 8.59. The van der Waals surface area contributed by atoms with Crippen LogP contribution in [0.5, 0.6) is 0 Å². The summed E-state index contributed by atoms with van der Waals surface area (Å²) in [7, 11) is 0. The molecule has 4 heterocycles. The third kappa shape index (κ3) is 3.40. The van der Waals surface area contributed by atoms with Gasteiger partial charge in [-0.1, -0.05) is 29.0 Å². The molecular formula is C17H14ClN3O3S2. The number of thiophene rings is 2. The Kier molecular flexibility index (Phi) is 4.56. The molecule has 1 aliphatic heterocycles. The van der Waals surface area contributed by atoms with E-state index in [1.54, 1.807) is 17.0 Å². The van der Waals surface area contributed by atoms with Gasteiger partial charge in [-0.15, -0.1) is 11.3 Å². The lowest BCUT2D eigenvalue weighted by atomic mass is 10.3. The molecule has 134 valence electrons. The average molecular weight is 408 g/mol. The van der Waals surface area contributed by atoms with Crippen molar-refractivity contribution in [2.75, 3.05) is 18.0 Å². The normalized spacial score (nSPS) is 16.9. The Balaban J connectivity index is 1.42. The summed E-state index contributed by atoms with van der Waals surface area (Å²) in [4.78, 5) is 31.8. The maximum atomic E-state index is 12.2. The number of carbonyl (C=O) groups is 2. The minimum atomic E-state index is -0.410. The molecule has 1 atom stereocenters. The van der Waals surface area contributed by atoms with Crippen LogP contribution in [-0.2, 0) is 4.74 Å². The average Bonchev–Trinajstić information content (AvgIpc) is 3.30. The lowest BCUT2D eigenvalue weighted by Gasteiger charge is -2.10. The third-order valence-electron chi connectivity index (χ3n) is 3.94. The topological polar surface area (TPSA) is 71.5 Å². The van der Waals surface area contributed by atoms with Gasteiger partial charge < -0.3 is 10.1 Å². The van der Waals surface area contributed by atoms with Crippen molar-refractivity contribution < 1.29 is 14.3 Å². The molecule has 0 aromatic carbocycles. The fourth-order valence-corrected chi connectivity index (χ4v) is 4.70. The number of carbonyl (C=O) groups excluding carboxylic acids is 2. The summed E-state index contributed by atoms with van der Waals surface area (Å²) in [5.74, 6) is -0.224. The zero-order chi connectivity index (χ0) is 18.3. The summed E-state index contributed by atoms with van der Waals surface area (Å²) in [6.07, 6.45) is -0.812. The minimum Gasteiger partial charge on any atom is -0.442 e. The monoisotopic (exact) mass is 407 g/mol. The first-order valence-electron chi connectivity index (χ1n) is 7.88. The number of halogens is 1. The fourth-order valence-electron chi connectivity index (χ4n) is 2.67. The maximum absolute atomic E-state index is 12.2. The molecule has 6 nitrogen and oxygen atoms in total. The van der Waals surface area contributed by atoms with Crippen molar-refractivity contribution in [1.82, 2.24) is 10.3 Å². The van der Waals surface area contributed by atoms with Gasteiger partial charge >= 0.3 is 6.09 Å². The number of fused-ring (bicyclic) bond motifs is 1. The van der Waals surface area contributed by atoms with Gasteiger partial charge in [0.2, 0.25) is 0 Å². The highest BCUT2D eigenvalue weighted by atomic mass is 35.5. The number of rotatable bonds is 4. The maximum Gasteiger partial charge on any atom is 0.415 e. The summed E-state index contributed by atoms with van der Waals surface area (Å²) in [5, 5.41) is 4.57. The molecule has 2 amide bonds. The minimum absolute atomic E-state index is 0.224. The molecule has 0 aliphatic carbocycles. The SMILES string of the molecule is Cc1ccc2cc(N3C[C@H](CNC(=O)c4ccc(Cl)s4)OC3=O)sc2n1. The number of hydrogen-bond donors (Lipinski definition) is 1. The van der Waals surface area contributed by atoms with E-state index in [1.807, 2.05) is 25.1 Å². The van der Waals surface area contributed by atoms with Gasteiger partial charge in [0.15, 0.2) is 0 Å². The molecule has 0 spiro atoms. The van der Waals surface area contributed by atoms with Gasteiger partial charge in [0.25, 0.3) is 5.91 Å². The quantitative estimate of drug-likeness (QED) is 0.707. The van der Waals surface area contributed by atoms with E-state index in [4.69, 9.17) is 16.3 Å². The van der Waals surface area contributed by atoms with Crippen LogP contribution >= 0.6 is 34.3 Å². The van der Waals surface area contributed by atoms with Gasteiger partial charge in [-0.25, -0.2) is 9.78 Å². The molecule has 26 heavy (non-hydrogen) atoms. The number of cyclic esters (lactones) is 1. The van der Waals surface area contributed by atoms with Crippen LogP contribution in [0.3, 0.4) is 0 Å². The van der Waals surface area contributed by atoms with Gasteiger partial charge in [0.05, 0.1) is 22.3 Å². The molecule has 1 aliphatic rings. The molecule has 0 saturated carbocycles. The second kappa shape index (κ2) is 6.86. The van der Waals surface area contributed by atoms with Crippen LogP contribution in [0.1, 0.15) is 15.4 Å². The molecule has 4 rings (SSSR count). The number of ether oxygens (including phenoxy) is 1. The number of nitrogens with one attached hydrogen (secondary N) is 1.